The quantitative estimate of drug-likeness (QED) is 0.285. The Bertz CT molecular complexity index is 1830. The molecule has 0 atom stereocenters. The number of carbonyl (C=O) groups is 2. The van der Waals surface area contributed by atoms with Crippen molar-refractivity contribution in [3.8, 4) is 16.9 Å². The maximum Gasteiger partial charge on any atom is 0.265 e. The third-order valence-corrected chi connectivity index (χ3v) is 9.49. The van der Waals surface area contributed by atoms with Gasteiger partial charge in [-0.2, -0.15) is 5.10 Å². The van der Waals surface area contributed by atoms with Gasteiger partial charge in [0.1, 0.15) is 17.4 Å². The Morgan fingerprint density at radius 2 is 1.85 bits per heavy atom. The van der Waals surface area contributed by atoms with Crippen LogP contribution < -0.4 is 15.4 Å². The first kappa shape index (κ1) is 30.2. The molecule has 0 spiro atoms. The highest BCUT2D eigenvalue weighted by atomic mass is 19.1. The average Bonchev–Trinajstić information content (AvgIpc) is 3.41. The molecule has 0 unspecified atom stereocenters. The standard InChI is InChI=1S/C34H37F2N7O3/c1-19(2)12-26-32(33(37)45)31(24-16-39-43(34(24)40-26)23-8-10-41(11-9-23)22-4-3-5-22)20-6-7-28-29(13-20)46-18-30(44)42(28)17-27-25(36)14-21(35)15-38-27/h6-7,13-16,19,22-23H,3-5,8-12,17-18H2,1-2H3,(H2,37,45). The molecule has 2 amide bonds. The topological polar surface area (TPSA) is 119 Å². The molecule has 7 rings (SSSR count). The number of primary amides is 1. The lowest BCUT2D eigenvalue weighted by Gasteiger charge is -2.41. The number of nitrogens with two attached hydrogens (primary N) is 1. The van der Waals surface area contributed by atoms with Crippen molar-refractivity contribution in [2.45, 2.75) is 71.0 Å². The molecule has 1 saturated carbocycles. The molecule has 240 valence electrons. The van der Waals surface area contributed by atoms with E-state index < -0.39 is 23.4 Å². The molecule has 10 nitrogen and oxygen atoms in total. The first-order valence-electron chi connectivity index (χ1n) is 16.0. The fourth-order valence-corrected chi connectivity index (χ4v) is 6.96. The maximum atomic E-state index is 14.5. The van der Waals surface area contributed by atoms with Gasteiger partial charge in [0.05, 0.1) is 47.6 Å². The summed E-state index contributed by atoms with van der Waals surface area (Å²) in [5.74, 6) is -2.03. The van der Waals surface area contributed by atoms with E-state index in [0.717, 1.165) is 38.2 Å². The van der Waals surface area contributed by atoms with Gasteiger partial charge in [-0.1, -0.05) is 26.3 Å². The number of hydrogen-bond acceptors (Lipinski definition) is 7. The third-order valence-electron chi connectivity index (χ3n) is 9.49. The molecule has 1 aliphatic carbocycles. The summed E-state index contributed by atoms with van der Waals surface area (Å²) in [5.41, 5.74) is 9.34. The number of ether oxygens (including phenoxy) is 1. The van der Waals surface area contributed by atoms with Crippen molar-refractivity contribution in [3.63, 3.8) is 0 Å². The van der Waals surface area contributed by atoms with Crippen LogP contribution in [0.1, 0.15) is 73.7 Å². The number of aromatic nitrogens is 4. The van der Waals surface area contributed by atoms with E-state index in [0.29, 0.717) is 57.3 Å². The van der Waals surface area contributed by atoms with E-state index in [4.69, 9.17) is 20.6 Å². The number of rotatable bonds is 8. The number of fused-ring (bicyclic) bond motifs is 2. The summed E-state index contributed by atoms with van der Waals surface area (Å²) in [6, 6.07) is 6.88. The highest BCUT2D eigenvalue weighted by Gasteiger charge is 2.33. The van der Waals surface area contributed by atoms with Crippen molar-refractivity contribution in [2.75, 3.05) is 24.6 Å². The number of halogens is 2. The maximum absolute atomic E-state index is 14.5. The second-order valence-corrected chi connectivity index (χ2v) is 13.0. The van der Waals surface area contributed by atoms with Crippen molar-refractivity contribution in [1.82, 2.24) is 24.6 Å². The number of hydrogen-bond donors (Lipinski definition) is 1. The molecule has 3 aromatic heterocycles. The summed E-state index contributed by atoms with van der Waals surface area (Å²) < 4.78 is 35.8. The zero-order valence-corrected chi connectivity index (χ0v) is 26.0. The summed E-state index contributed by atoms with van der Waals surface area (Å²) in [6.07, 6.45) is 9.06. The number of nitrogens with zero attached hydrogens (tertiary/aromatic N) is 6. The molecule has 1 aromatic carbocycles. The SMILES string of the molecule is CC(C)Cc1nc2c(cnn2C2CCN(C3CCC3)CC2)c(-c2ccc3c(c2)OCC(=O)N3Cc2ncc(F)cc2F)c1C(N)=O. The number of anilines is 1. The Labute approximate surface area is 265 Å². The minimum Gasteiger partial charge on any atom is -0.482 e. The molecular weight excluding hydrogens is 592 g/mol. The van der Waals surface area contributed by atoms with Crippen LogP contribution in [0.5, 0.6) is 5.75 Å². The number of likely N-dealkylation sites (tertiary alicyclic amines) is 1. The average molecular weight is 630 g/mol. The van der Waals surface area contributed by atoms with E-state index in [2.05, 4.69) is 23.7 Å². The molecule has 2 N–H and O–H groups in total. The Kier molecular flexibility index (Phi) is 7.92. The van der Waals surface area contributed by atoms with Gasteiger partial charge in [0.2, 0.25) is 0 Å². The van der Waals surface area contributed by atoms with Gasteiger partial charge in [0.15, 0.2) is 12.3 Å². The van der Waals surface area contributed by atoms with E-state index in [1.54, 1.807) is 24.4 Å². The van der Waals surface area contributed by atoms with E-state index >= 15 is 0 Å². The van der Waals surface area contributed by atoms with E-state index in [1.165, 1.54) is 24.2 Å². The molecule has 12 heteroatoms. The first-order chi connectivity index (χ1) is 22.2. The van der Waals surface area contributed by atoms with E-state index in [-0.39, 0.29) is 30.8 Å². The monoisotopic (exact) mass is 629 g/mol. The minimum absolute atomic E-state index is 0.0669. The van der Waals surface area contributed by atoms with Crippen molar-refractivity contribution < 1.29 is 23.1 Å². The van der Waals surface area contributed by atoms with Crippen LogP contribution >= 0.6 is 0 Å². The van der Waals surface area contributed by atoms with Crippen LogP contribution in [0.25, 0.3) is 22.2 Å². The Balaban J connectivity index is 1.30. The molecule has 0 radical (unpaired) electrons. The van der Waals surface area contributed by atoms with Gasteiger partial charge in [-0.15, -0.1) is 0 Å². The van der Waals surface area contributed by atoms with Gasteiger partial charge in [0, 0.05) is 36.1 Å². The molecule has 2 aliphatic heterocycles. The minimum atomic E-state index is -0.842. The Morgan fingerprint density at radius 1 is 1.07 bits per heavy atom. The van der Waals surface area contributed by atoms with Crippen LogP contribution in [0.15, 0.2) is 36.7 Å². The zero-order chi connectivity index (χ0) is 32.1. The predicted octanol–water partition coefficient (Wildman–Crippen LogP) is 5.18. The van der Waals surface area contributed by atoms with Gasteiger partial charge in [-0.05, 0) is 55.7 Å². The molecule has 2 fully saturated rings. The fraction of sp³-hybridized carbons (Fsp3) is 0.441. The Hall–Kier alpha value is -4.45. The number of benzene rings is 1. The van der Waals surface area contributed by atoms with Crippen LogP contribution in [-0.4, -0.2) is 62.2 Å². The van der Waals surface area contributed by atoms with Crippen molar-refractivity contribution in [2.24, 2.45) is 11.7 Å². The van der Waals surface area contributed by atoms with Gasteiger partial charge < -0.3 is 15.4 Å². The summed E-state index contributed by atoms with van der Waals surface area (Å²) in [4.78, 5) is 38.9. The normalized spacial score (nSPS) is 17.8. The fourth-order valence-electron chi connectivity index (χ4n) is 6.96. The molecule has 0 bridgehead atoms. The summed E-state index contributed by atoms with van der Waals surface area (Å²) in [5, 5.41) is 5.54. The number of pyridine rings is 2. The molecule has 5 heterocycles. The van der Waals surface area contributed by atoms with Crippen LogP contribution in [0.4, 0.5) is 14.5 Å². The van der Waals surface area contributed by atoms with Crippen LogP contribution in [0, 0.1) is 17.6 Å². The number of amides is 2. The van der Waals surface area contributed by atoms with Gasteiger partial charge in [-0.25, -0.2) is 18.4 Å². The smallest absolute Gasteiger partial charge is 0.265 e. The first-order valence-corrected chi connectivity index (χ1v) is 16.0. The Morgan fingerprint density at radius 3 is 2.52 bits per heavy atom. The largest absolute Gasteiger partial charge is 0.482 e. The predicted molar refractivity (Wildman–Crippen MR) is 168 cm³/mol. The van der Waals surface area contributed by atoms with E-state index in [1.807, 2.05) is 4.68 Å². The van der Waals surface area contributed by atoms with Crippen molar-refractivity contribution in [3.05, 3.63) is 65.2 Å². The van der Waals surface area contributed by atoms with Crippen LogP contribution in [-0.2, 0) is 17.8 Å². The second-order valence-electron chi connectivity index (χ2n) is 13.0. The molecule has 3 aliphatic rings. The van der Waals surface area contributed by atoms with Crippen molar-refractivity contribution >= 4 is 28.5 Å². The van der Waals surface area contributed by atoms with Gasteiger partial charge >= 0.3 is 0 Å². The second kappa shape index (κ2) is 12.1. The van der Waals surface area contributed by atoms with Gasteiger partial charge in [-0.3, -0.25) is 19.5 Å². The summed E-state index contributed by atoms with van der Waals surface area (Å²) in [7, 11) is 0. The summed E-state index contributed by atoms with van der Waals surface area (Å²) >= 11 is 0. The third kappa shape index (κ3) is 5.48. The molecular formula is C34H37F2N7O3. The molecule has 1 saturated heterocycles. The number of piperidine rings is 1. The lowest BCUT2D eigenvalue weighted by molar-refractivity contribution is -0.121. The molecule has 4 aromatic rings. The van der Waals surface area contributed by atoms with Crippen LogP contribution in [0.3, 0.4) is 0 Å². The highest BCUT2D eigenvalue weighted by Crippen LogP contribution is 2.41. The lowest BCUT2D eigenvalue weighted by atomic mass is 9.89. The van der Waals surface area contributed by atoms with E-state index in [9.17, 15) is 18.4 Å². The number of carbonyl (C=O) groups excluding carboxylic acids is 2. The molecule has 46 heavy (non-hydrogen) atoms. The lowest BCUT2D eigenvalue weighted by Crippen LogP contribution is -2.45. The summed E-state index contributed by atoms with van der Waals surface area (Å²) in [6.45, 7) is 5.72. The van der Waals surface area contributed by atoms with Crippen molar-refractivity contribution in [1.29, 1.82) is 0 Å². The highest BCUT2D eigenvalue weighted by molar-refractivity contribution is 6.09. The van der Waals surface area contributed by atoms with Gasteiger partial charge in [0.25, 0.3) is 11.8 Å². The zero-order valence-electron chi connectivity index (χ0n) is 26.0. The van der Waals surface area contributed by atoms with Crippen LogP contribution in [0.2, 0.25) is 0 Å².